The Morgan fingerprint density at radius 2 is 1.86 bits per heavy atom. The summed E-state index contributed by atoms with van der Waals surface area (Å²) >= 11 is 0. The molecule has 0 aliphatic heterocycles. The van der Waals surface area contributed by atoms with Crippen LogP contribution in [0.1, 0.15) is 27.2 Å². The Morgan fingerprint density at radius 3 is 2.45 bits per heavy atom. The summed E-state index contributed by atoms with van der Waals surface area (Å²) in [4.78, 5) is 11.5. The molecule has 0 aromatic carbocycles. The van der Waals surface area contributed by atoms with Crippen molar-refractivity contribution in [3.63, 3.8) is 0 Å². The van der Waals surface area contributed by atoms with Crippen molar-refractivity contribution in [2.45, 2.75) is 33.3 Å². The summed E-state index contributed by atoms with van der Waals surface area (Å²) < 4.78 is 5.27. The molecule has 0 radical (unpaired) electrons. The molecule has 0 heterocycles. The van der Waals surface area contributed by atoms with Crippen LogP contribution in [0.15, 0.2) is 48.1 Å². The van der Waals surface area contributed by atoms with E-state index in [1.54, 1.807) is 24.3 Å². The van der Waals surface area contributed by atoms with Crippen molar-refractivity contribution in [3.8, 4) is 23.7 Å². The Hall–Kier alpha value is -2.49. The normalized spacial score (nSPS) is 11.6. The number of esters is 1. The van der Waals surface area contributed by atoms with Crippen LogP contribution in [-0.2, 0) is 9.53 Å². The minimum Gasteiger partial charge on any atom is -0.455 e. The van der Waals surface area contributed by atoms with Crippen molar-refractivity contribution in [2.75, 3.05) is 6.61 Å². The number of hydrogen-bond donors (Lipinski definition) is 1. The molecule has 1 N–H and O–H groups in total. The van der Waals surface area contributed by atoms with Crippen molar-refractivity contribution in [3.05, 3.63) is 48.1 Å². The third-order valence-electron chi connectivity index (χ3n) is 2.21. The number of aliphatic hydroxyl groups is 1. The Morgan fingerprint density at radius 1 is 1.18 bits per heavy atom. The highest BCUT2D eigenvalue weighted by atomic mass is 16.5. The molecule has 0 rings (SSSR count). The smallest absolute Gasteiger partial charge is 0.331 e. The van der Waals surface area contributed by atoms with Crippen LogP contribution in [0.4, 0.5) is 0 Å². The van der Waals surface area contributed by atoms with Gasteiger partial charge >= 0.3 is 5.97 Å². The van der Waals surface area contributed by atoms with E-state index in [1.807, 2.05) is 26.8 Å². The van der Waals surface area contributed by atoms with Gasteiger partial charge in [-0.25, -0.2) is 4.79 Å². The number of ether oxygens (including phenoxy) is 1. The fourth-order valence-electron chi connectivity index (χ4n) is 1.24. The van der Waals surface area contributed by atoms with E-state index in [9.17, 15) is 4.79 Å². The summed E-state index contributed by atoms with van der Waals surface area (Å²) in [7, 11) is 0. The minimum absolute atomic E-state index is 0.0242. The second kappa shape index (κ2) is 13.5. The summed E-state index contributed by atoms with van der Waals surface area (Å²) in [6.07, 6.45) is 12.0. The molecule has 0 aromatic heterocycles. The van der Waals surface area contributed by atoms with Crippen molar-refractivity contribution in [1.82, 2.24) is 0 Å². The number of aliphatic hydroxyl groups excluding tert-OH is 1. The third-order valence-corrected chi connectivity index (χ3v) is 2.21. The number of carbonyl (C=O) groups is 1. The minimum atomic E-state index is -0.327. The molecule has 0 aromatic rings. The maximum absolute atomic E-state index is 11.5. The number of hydrogen-bond acceptors (Lipinski definition) is 3. The average Bonchev–Trinajstić information content (AvgIpc) is 2.47. The van der Waals surface area contributed by atoms with Gasteiger partial charge in [0.05, 0.1) is 6.61 Å². The summed E-state index contributed by atoms with van der Waals surface area (Å²) in [5.41, 5.74) is 0.911. The Kier molecular flexibility index (Phi) is 12.0. The Labute approximate surface area is 133 Å². The van der Waals surface area contributed by atoms with Crippen molar-refractivity contribution in [2.24, 2.45) is 0 Å². The van der Waals surface area contributed by atoms with Crippen LogP contribution >= 0.6 is 0 Å². The highest BCUT2D eigenvalue weighted by molar-refractivity contribution is 5.82. The van der Waals surface area contributed by atoms with Gasteiger partial charge < -0.3 is 9.84 Å². The molecular formula is C19H22O3. The summed E-state index contributed by atoms with van der Waals surface area (Å²) in [6.45, 7) is 5.62. The maximum Gasteiger partial charge on any atom is 0.331 e. The molecule has 0 aliphatic carbocycles. The molecule has 116 valence electrons. The van der Waals surface area contributed by atoms with Gasteiger partial charge in [0.25, 0.3) is 0 Å². The molecule has 3 nitrogen and oxygen atoms in total. The predicted octanol–water partition coefficient (Wildman–Crippen LogP) is 2.94. The zero-order valence-corrected chi connectivity index (χ0v) is 13.3. The van der Waals surface area contributed by atoms with E-state index >= 15 is 0 Å². The molecule has 1 atom stereocenters. The van der Waals surface area contributed by atoms with Gasteiger partial charge in [-0.15, -0.1) is 0 Å². The van der Waals surface area contributed by atoms with E-state index in [0.29, 0.717) is 6.42 Å². The van der Waals surface area contributed by atoms with Crippen LogP contribution in [-0.4, -0.2) is 23.8 Å². The lowest BCUT2D eigenvalue weighted by Crippen LogP contribution is -2.13. The van der Waals surface area contributed by atoms with Crippen molar-refractivity contribution < 1.29 is 14.6 Å². The molecule has 3 heteroatoms. The second-order valence-electron chi connectivity index (χ2n) is 4.47. The van der Waals surface area contributed by atoms with Gasteiger partial charge in [0.1, 0.15) is 6.10 Å². The van der Waals surface area contributed by atoms with E-state index in [1.165, 1.54) is 12.2 Å². The first-order valence-electron chi connectivity index (χ1n) is 7.06. The fourth-order valence-corrected chi connectivity index (χ4v) is 1.24. The molecule has 0 saturated heterocycles. The van der Waals surface area contributed by atoms with E-state index < -0.39 is 0 Å². The first kappa shape index (κ1) is 19.5. The first-order valence-corrected chi connectivity index (χ1v) is 7.06. The highest BCUT2D eigenvalue weighted by Crippen LogP contribution is 2.02. The predicted molar refractivity (Wildman–Crippen MR) is 89.7 cm³/mol. The molecule has 0 spiro atoms. The van der Waals surface area contributed by atoms with Gasteiger partial charge in [-0.2, -0.15) is 0 Å². The van der Waals surface area contributed by atoms with E-state index in [4.69, 9.17) is 9.84 Å². The monoisotopic (exact) mass is 298 g/mol. The zero-order chi connectivity index (χ0) is 16.6. The summed E-state index contributed by atoms with van der Waals surface area (Å²) in [5.74, 6) is 10.3. The van der Waals surface area contributed by atoms with Crippen molar-refractivity contribution in [1.29, 1.82) is 0 Å². The van der Waals surface area contributed by atoms with Crippen molar-refractivity contribution >= 4 is 5.97 Å². The van der Waals surface area contributed by atoms with E-state index in [-0.39, 0.29) is 18.7 Å². The lowest BCUT2D eigenvalue weighted by Gasteiger charge is -2.10. The zero-order valence-electron chi connectivity index (χ0n) is 13.3. The molecule has 0 saturated carbocycles. The standard InChI is InChI=1S/C19H22O3/c1-4-18(22-19(21)16-17(2)3)14-12-10-8-6-5-7-9-11-13-15-20/h8,10-14,16,18,20H,4,15H2,1-3H3. The fraction of sp³-hybridized carbons (Fsp3) is 0.316. The van der Waals surface area contributed by atoms with Crippen LogP contribution in [0, 0.1) is 23.7 Å². The van der Waals surface area contributed by atoms with Gasteiger partial charge in [0.2, 0.25) is 0 Å². The van der Waals surface area contributed by atoms with Gasteiger partial charge in [-0.3, -0.25) is 0 Å². The molecule has 22 heavy (non-hydrogen) atoms. The highest BCUT2D eigenvalue weighted by Gasteiger charge is 2.06. The average molecular weight is 298 g/mol. The lowest BCUT2D eigenvalue weighted by atomic mass is 10.2. The van der Waals surface area contributed by atoms with E-state index in [2.05, 4.69) is 23.7 Å². The lowest BCUT2D eigenvalue weighted by molar-refractivity contribution is -0.141. The molecule has 0 fully saturated rings. The third kappa shape index (κ3) is 12.5. The molecular weight excluding hydrogens is 276 g/mol. The molecule has 0 amide bonds. The van der Waals surface area contributed by atoms with Gasteiger partial charge in [-0.05, 0) is 50.3 Å². The van der Waals surface area contributed by atoms with Gasteiger partial charge in [0, 0.05) is 6.08 Å². The van der Waals surface area contributed by atoms with Crippen LogP contribution in [0.5, 0.6) is 0 Å². The van der Waals surface area contributed by atoms with Crippen LogP contribution in [0.2, 0.25) is 0 Å². The molecule has 0 aliphatic rings. The number of rotatable bonds is 6. The quantitative estimate of drug-likeness (QED) is 0.355. The number of carbonyl (C=O) groups excluding carboxylic acids is 1. The topological polar surface area (TPSA) is 46.5 Å². The van der Waals surface area contributed by atoms with E-state index in [0.717, 1.165) is 5.57 Å². The molecule has 0 bridgehead atoms. The van der Waals surface area contributed by atoms with Crippen LogP contribution < -0.4 is 0 Å². The SMILES string of the molecule is CCC(C=CC=CC#CC#CC=CCO)OC(=O)C=C(C)C. The Balaban J connectivity index is 4.32. The number of allylic oxidation sites excluding steroid dienone is 5. The summed E-state index contributed by atoms with van der Waals surface area (Å²) in [6, 6.07) is 0. The maximum atomic E-state index is 11.5. The van der Waals surface area contributed by atoms with Crippen LogP contribution in [0.3, 0.4) is 0 Å². The largest absolute Gasteiger partial charge is 0.455 e. The summed E-state index contributed by atoms with van der Waals surface area (Å²) in [5, 5.41) is 8.48. The molecule has 1 unspecified atom stereocenters. The Bertz CT molecular complexity index is 565. The second-order valence-corrected chi connectivity index (χ2v) is 4.47. The first-order chi connectivity index (χ1) is 10.6. The van der Waals surface area contributed by atoms with Gasteiger partial charge in [0.15, 0.2) is 0 Å². The van der Waals surface area contributed by atoms with Crippen LogP contribution in [0.25, 0.3) is 0 Å². The van der Waals surface area contributed by atoms with Gasteiger partial charge in [-0.1, -0.05) is 42.6 Å².